The Morgan fingerprint density at radius 1 is 0.857 bits per heavy atom. The summed E-state index contributed by atoms with van der Waals surface area (Å²) >= 11 is 2.27. The van der Waals surface area contributed by atoms with Gasteiger partial charge in [0.25, 0.3) is 0 Å². The number of hydrogen-bond acceptors (Lipinski definition) is 0. The van der Waals surface area contributed by atoms with E-state index in [4.69, 9.17) is 5.73 Å². The van der Waals surface area contributed by atoms with Crippen molar-refractivity contribution in [1.82, 2.24) is 0 Å². The van der Waals surface area contributed by atoms with Crippen LogP contribution in [-0.2, 0) is 19.2 Å². The Bertz CT molecular complexity index is 465. The molecule has 1 aromatic carbocycles. The summed E-state index contributed by atoms with van der Waals surface area (Å²) in [6, 6.07) is 2.49. The van der Waals surface area contributed by atoms with Crippen LogP contribution in [0.1, 0.15) is 92.9 Å². The Morgan fingerprint density at radius 2 is 1.18 bits per heavy atom. The zero-order chi connectivity index (χ0) is 19.9. The van der Waals surface area contributed by atoms with Crippen LogP contribution < -0.4 is 24.8 Å². The van der Waals surface area contributed by atoms with Gasteiger partial charge in [0.1, 0.15) is 0 Å². The quantitative estimate of drug-likeness (QED) is 0.402. The molecule has 1 aliphatic carbocycles. The van der Waals surface area contributed by atoms with Gasteiger partial charge in [0.15, 0.2) is 0 Å². The van der Waals surface area contributed by atoms with Gasteiger partial charge in [-0.15, -0.1) is 6.04 Å². The predicted octanol–water partition coefficient (Wildman–Crippen LogP) is 2.14. The summed E-state index contributed by atoms with van der Waals surface area (Å²) in [5, 5.41) is 0. The normalized spacial score (nSPS) is 15.8. The first-order valence-corrected chi connectivity index (χ1v) is 15.5. The largest absolute Gasteiger partial charge is 1.00 e. The van der Waals surface area contributed by atoms with E-state index in [1.807, 2.05) is 0 Å². The van der Waals surface area contributed by atoms with Crippen molar-refractivity contribution >= 4 is 6.19 Å². The second kappa shape index (κ2) is 21.1. The minimum absolute atomic E-state index is 0. The fourth-order valence-corrected chi connectivity index (χ4v) is 3.30. The predicted molar refractivity (Wildman–Crippen MR) is 117 cm³/mol. The molecule has 0 aromatic heterocycles. The third kappa shape index (κ3) is 18.8. The van der Waals surface area contributed by atoms with Crippen LogP contribution in [0.3, 0.4) is 0 Å². The molecule has 0 saturated heterocycles. The molecular weight excluding hydrogens is 437 g/mol. The van der Waals surface area contributed by atoms with Crippen LogP contribution in [0, 0.1) is 27.7 Å². The van der Waals surface area contributed by atoms with E-state index in [0.717, 1.165) is 12.8 Å². The van der Waals surface area contributed by atoms with Crippen LogP contribution >= 0.6 is 0 Å². The van der Waals surface area contributed by atoms with Crippen molar-refractivity contribution in [3.8, 4) is 0 Å². The Balaban J connectivity index is -0.000000366. The van der Waals surface area contributed by atoms with E-state index < -0.39 is 0 Å². The first-order chi connectivity index (χ1) is 12.3. The minimum Gasteiger partial charge on any atom is -1.00 e. The van der Waals surface area contributed by atoms with Gasteiger partial charge in [-0.2, -0.15) is 28.3 Å². The van der Waals surface area contributed by atoms with Gasteiger partial charge in [0.2, 0.25) is 0 Å². The second-order valence-electron chi connectivity index (χ2n) is 8.22. The van der Waals surface area contributed by atoms with Crippen LogP contribution in [0.4, 0.5) is 0 Å². The van der Waals surface area contributed by atoms with Gasteiger partial charge in [-0.3, -0.25) is 0 Å². The molecule has 5 heteroatoms. The number of halogens is 2. The zero-order valence-electron chi connectivity index (χ0n) is 19.2. The summed E-state index contributed by atoms with van der Waals surface area (Å²) in [4.78, 5) is 0. The summed E-state index contributed by atoms with van der Waals surface area (Å²) in [5.74, 6) is 0. The molecule has 1 aromatic rings. The fraction of sp³-hybridized carbons (Fsp3) is 0.783. The molecule has 1 aliphatic rings. The molecule has 0 atom stereocenters. The SMILES string of the molecule is C[Si](C)=[Ti+2].Cc1c[c-](C)c(C)c1C.[Cl-].[Cl-].[NH-]C1CCCCCCCCCCC1. The van der Waals surface area contributed by atoms with Crippen molar-refractivity contribution in [2.45, 2.75) is 117 Å². The molecule has 0 spiro atoms. The van der Waals surface area contributed by atoms with Crippen molar-refractivity contribution in [3.63, 3.8) is 0 Å². The topological polar surface area (TPSA) is 23.8 Å². The Kier molecular flexibility index (Phi) is 25.2. The fourth-order valence-electron chi connectivity index (χ4n) is 3.30. The Morgan fingerprint density at radius 3 is 1.39 bits per heavy atom. The number of hydrogen-bond donors (Lipinski definition) is 0. The maximum atomic E-state index is 7.80. The van der Waals surface area contributed by atoms with Crippen LogP contribution in [0.15, 0.2) is 6.07 Å². The van der Waals surface area contributed by atoms with Crippen molar-refractivity contribution in [1.29, 1.82) is 0 Å². The molecule has 0 heterocycles. The van der Waals surface area contributed by atoms with Gasteiger partial charge < -0.3 is 30.5 Å². The van der Waals surface area contributed by atoms with Crippen molar-refractivity contribution in [2.24, 2.45) is 0 Å². The molecular formula is C23H43Cl2NSiTi-2. The Hall–Kier alpha value is 0.821. The van der Waals surface area contributed by atoms with E-state index in [0.29, 0.717) is 0 Å². The van der Waals surface area contributed by atoms with Crippen LogP contribution in [-0.4, -0.2) is 12.2 Å². The van der Waals surface area contributed by atoms with E-state index in [-0.39, 0.29) is 37.0 Å². The number of rotatable bonds is 0. The third-order valence-electron chi connectivity index (χ3n) is 5.28. The smallest absolute Gasteiger partial charge is 0.0533 e. The molecule has 28 heavy (non-hydrogen) atoms. The molecule has 1 fully saturated rings. The molecule has 164 valence electrons. The summed E-state index contributed by atoms with van der Waals surface area (Å²) in [6.07, 6.45) is 14.9. The summed E-state index contributed by atoms with van der Waals surface area (Å²) in [6.45, 7) is 13.2. The average Bonchev–Trinajstić information content (AvgIpc) is 2.77. The first-order valence-electron chi connectivity index (χ1n) is 10.7. The average molecular weight is 480 g/mol. The molecule has 0 aliphatic heterocycles. The van der Waals surface area contributed by atoms with Gasteiger partial charge in [-0.05, 0) is 0 Å². The van der Waals surface area contributed by atoms with Crippen LogP contribution in [0.25, 0.3) is 5.73 Å². The molecule has 0 amide bonds. The summed E-state index contributed by atoms with van der Waals surface area (Å²) in [7, 11) is 0. The molecule has 2 rings (SSSR count). The molecule has 0 radical (unpaired) electrons. The second-order valence-corrected chi connectivity index (χ2v) is 14.9. The standard InChI is InChI=1S/C12H24N.C9H13.C2H6Si.2ClH.Ti/c13-12-10-8-6-4-2-1-3-5-7-9-11-12;1-6-5-7(2)9(4)8(6)3;1-3-2;;;/h12-13H,1-11H2;5H,1-4H3;1-2H3;2*1H;/q2*-1;;;;+2/p-2. The van der Waals surface area contributed by atoms with Gasteiger partial charge in [0.05, 0.1) is 0 Å². The third-order valence-corrected chi connectivity index (χ3v) is 5.28. The van der Waals surface area contributed by atoms with E-state index in [2.05, 4.69) is 66.0 Å². The molecule has 0 unspecified atom stereocenters. The Labute approximate surface area is 200 Å². The minimum atomic E-state index is 0. The molecule has 0 bridgehead atoms. The number of aryl methyl sites for hydroxylation is 2. The molecule has 1 nitrogen and oxygen atoms in total. The first kappa shape index (κ1) is 33.5. The van der Waals surface area contributed by atoms with Crippen molar-refractivity contribution in [2.75, 3.05) is 0 Å². The zero-order valence-corrected chi connectivity index (χ0v) is 23.3. The maximum absolute atomic E-state index is 7.80. The summed E-state index contributed by atoms with van der Waals surface area (Å²) in [5.41, 5.74) is 13.5. The van der Waals surface area contributed by atoms with Gasteiger partial charge >= 0.3 is 38.5 Å². The van der Waals surface area contributed by atoms with Gasteiger partial charge in [-0.25, -0.2) is 0 Å². The van der Waals surface area contributed by atoms with Crippen LogP contribution in [0.5, 0.6) is 0 Å². The van der Waals surface area contributed by atoms with Crippen LogP contribution in [0.2, 0.25) is 13.1 Å². The van der Waals surface area contributed by atoms with Gasteiger partial charge in [-0.1, -0.05) is 98.3 Å². The summed E-state index contributed by atoms with van der Waals surface area (Å²) < 4.78 is 0. The number of nitrogens with one attached hydrogen (secondary N) is 1. The van der Waals surface area contributed by atoms with Crippen molar-refractivity contribution in [3.05, 3.63) is 34.1 Å². The molecule has 1 N–H and O–H groups in total. The monoisotopic (exact) mass is 479 g/mol. The van der Waals surface area contributed by atoms with E-state index in [1.54, 1.807) is 0 Å². The van der Waals surface area contributed by atoms with E-state index in [9.17, 15) is 0 Å². The van der Waals surface area contributed by atoms with Crippen molar-refractivity contribution < 1.29 is 44.0 Å². The van der Waals surface area contributed by atoms with E-state index in [1.165, 1.54) is 80.0 Å². The van der Waals surface area contributed by atoms with Gasteiger partial charge in [0, 0.05) is 0 Å². The van der Waals surface area contributed by atoms with E-state index >= 15 is 0 Å². The maximum Gasteiger partial charge on any atom is -0.0533 e. The molecule has 1 saturated carbocycles.